The molecule has 0 saturated carbocycles. The molecule has 1 fully saturated rings. The van der Waals surface area contributed by atoms with Crippen molar-refractivity contribution in [1.29, 1.82) is 0 Å². The molecule has 1 atom stereocenters. The van der Waals surface area contributed by atoms with Gasteiger partial charge in [0, 0.05) is 6.61 Å². The van der Waals surface area contributed by atoms with Gasteiger partial charge in [0.1, 0.15) is 12.4 Å². The van der Waals surface area contributed by atoms with Crippen LogP contribution in [0.15, 0.2) is 54.6 Å². The summed E-state index contributed by atoms with van der Waals surface area (Å²) in [6.45, 7) is 1.26. The van der Waals surface area contributed by atoms with Crippen molar-refractivity contribution in [1.82, 2.24) is 0 Å². The molecule has 1 aliphatic rings. The van der Waals surface area contributed by atoms with E-state index in [1.807, 2.05) is 48.5 Å². The van der Waals surface area contributed by atoms with Gasteiger partial charge in [-0.15, -0.1) is 0 Å². The molecule has 1 N–H and O–H groups in total. The predicted molar refractivity (Wildman–Crippen MR) is 86.8 cm³/mol. The minimum absolute atomic E-state index is 0.00764. The van der Waals surface area contributed by atoms with E-state index < -0.39 is 0 Å². The molecular weight excluding hydrogens is 294 g/mol. The number of benzene rings is 2. The second-order valence-corrected chi connectivity index (χ2v) is 5.26. The highest BCUT2D eigenvalue weighted by molar-refractivity contribution is 5.93. The molecule has 120 valence electrons. The van der Waals surface area contributed by atoms with Crippen molar-refractivity contribution in [2.45, 2.75) is 12.5 Å². The molecule has 3 rings (SSSR count). The zero-order valence-corrected chi connectivity index (χ0v) is 12.7. The molecule has 1 unspecified atom stereocenters. The van der Waals surface area contributed by atoms with E-state index in [-0.39, 0.29) is 18.6 Å². The fraction of sp³-hybridized carbons (Fsp3) is 0.278. The van der Waals surface area contributed by atoms with Gasteiger partial charge in [0.2, 0.25) is 5.91 Å². The summed E-state index contributed by atoms with van der Waals surface area (Å²) < 4.78 is 16.5. The number of ether oxygens (including phenoxy) is 3. The van der Waals surface area contributed by atoms with Crippen molar-refractivity contribution < 1.29 is 19.0 Å². The van der Waals surface area contributed by atoms with Gasteiger partial charge in [-0.1, -0.05) is 30.3 Å². The molecule has 5 heteroatoms. The summed E-state index contributed by atoms with van der Waals surface area (Å²) in [6, 6.07) is 16.8. The van der Waals surface area contributed by atoms with Gasteiger partial charge in [-0.2, -0.15) is 0 Å². The van der Waals surface area contributed by atoms with E-state index in [9.17, 15) is 4.79 Å². The number of hydrogen-bond donors (Lipinski definition) is 1. The number of anilines is 1. The number of nitrogens with one attached hydrogen (secondary N) is 1. The highest BCUT2D eigenvalue weighted by atomic mass is 16.5. The summed E-state index contributed by atoms with van der Waals surface area (Å²) in [5.74, 6) is 1.10. The van der Waals surface area contributed by atoms with E-state index in [2.05, 4.69) is 5.32 Å². The third-order valence-corrected chi connectivity index (χ3v) is 3.47. The Balaban J connectivity index is 1.59. The average Bonchev–Trinajstić information content (AvgIpc) is 3.09. The van der Waals surface area contributed by atoms with Crippen molar-refractivity contribution in [3.8, 4) is 11.5 Å². The molecular formula is C18H19NO4. The Morgan fingerprint density at radius 1 is 1.13 bits per heavy atom. The van der Waals surface area contributed by atoms with Gasteiger partial charge in [0.15, 0.2) is 5.75 Å². The maximum Gasteiger partial charge on any atom is 0.250 e. The highest BCUT2D eigenvalue weighted by Crippen LogP contribution is 2.29. The summed E-state index contributed by atoms with van der Waals surface area (Å²) in [4.78, 5) is 12.0. The van der Waals surface area contributed by atoms with Crippen LogP contribution in [0.5, 0.6) is 11.5 Å². The van der Waals surface area contributed by atoms with E-state index in [1.165, 1.54) is 0 Å². The highest BCUT2D eigenvalue weighted by Gasteiger charge is 2.17. The first-order valence-electron chi connectivity index (χ1n) is 7.62. The van der Waals surface area contributed by atoms with Gasteiger partial charge in [-0.25, -0.2) is 0 Å². The van der Waals surface area contributed by atoms with Crippen molar-refractivity contribution in [3.05, 3.63) is 54.6 Å². The van der Waals surface area contributed by atoms with Gasteiger partial charge in [0.25, 0.3) is 0 Å². The van der Waals surface area contributed by atoms with E-state index in [0.29, 0.717) is 30.4 Å². The number of rotatable bonds is 6. The second kappa shape index (κ2) is 7.76. The van der Waals surface area contributed by atoms with Crippen LogP contribution in [0.3, 0.4) is 0 Å². The SMILES string of the molecule is O=C(COC1CCOC1)Nc1ccccc1Oc1ccccc1. The summed E-state index contributed by atoms with van der Waals surface area (Å²) >= 11 is 0. The van der Waals surface area contributed by atoms with Gasteiger partial charge in [-0.05, 0) is 30.7 Å². The lowest BCUT2D eigenvalue weighted by atomic mass is 10.3. The second-order valence-electron chi connectivity index (χ2n) is 5.26. The fourth-order valence-corrected chi connectivity index (χ4v) is 2.30. The van der Waals surface area contributed by atoms with Crippen LogP contribution in [-0.4, -0.2) is 31.8 Å². The Morgan fingerprint density at radius 3 is 2.70 bits per heavy atom. The average molecular weight is 313 g/mol. The van der Waals surface area contributed by atoms with Crippen molar-refractivity contribution in [2.75, 3.05) is 25.1 Å². The van der Waals surface area contributed by atoms with Crippen molar-refractivity contribution in [3.63, 3.8) is 0 Å². The molecule has 23 heavy (non-hydrogen) atoms. The summed E-state index contributed by atoms with van der Waals surface area (Å²) in [7, 11) is 0. The predicted octanol–water partition coefficient (Wildman–Crippen LogP) is 3.22. The number of carbonyl (C=O) groups excluding carboxylic acids is 1. The maximum atomic E-state index is 12.0. The summed E-state index contributed by atoms with van der Waals surface area (Å²) in [6.07, 6.45) is 0.845. The molecule has 5 nitrogen and oxygen atoms in total. The van der Waals surface area contributed by atoms with Crippen LogP contribution in [0.25, 0.3) is 0 Å². The lowest BCUT2D eigenvalue weighted by Gasteiger charge is -2.13. The van der Waals surface area contributed by atoms with E-state index in [0.717, 1.165) is 6.42 Å². The van der Waals surface area contributed by atoms with Crippen LogP contribution in [-0.2, 0) is 14.3 Å². The quantitative estimate of drug-likeness (QED) is 0.889. The molecule has 0 aliphatic carbocycles. The molecule has 1 heterocycles. The zero-order chi connectivity index (χ0) is 15.9. The van der Waals surface area contributed by atoms with Crippen molar-refractivity contribution >= 4 is 11.6 Å². The minimum atomic E-state index is -0.207. The monoisotopic (exact) mass is 313 g/mol. The Morgan fingerprint density at radius 2 is 1.91 bits per heavy atom. The Hall–Kier alpha value is -2.37. The molecule has 0 aromatic heterocycles. The Labute approximate surface area is 135 Å². The van der Waals surface area contributed by atoms with Gasteiger partial charge in [0.05, 0.1) is 18.4 Å². The van der Waals surface area contributed by atoms with Gasteiger partial charge < -0.3 is 19.5 Å². The van der Waals surface area contributed by atoms with Crippen molar-refractivity contribution in [2.24, 2.45) is 0 Å². The molecule has 0 bridgehead atoms. The third kappa shape index (κ3) is 4.55. The fourth-order valence-electron chi connectivity index (χ4n) is 2.30. The van der Waals surface area contributed by atoms with E-state index >= 15 is 0 Å². The smallest absolute Gasteiger partial charge is 0.250 e. The molecule has 1 saturated heterocycles. The van der Waals surface area contributed by atoms with Crippen LogP contribution in [0.4, 0.5) is 5.69 Å². The van der Waals surface area contributed by atoms with Crippen LogP contribution >= 0.6 is 0 Å². The first-order chi connectivity index (χ1) is 11.3. The molecule has 1 aliphatic heterocycles. The normalized spacial score (nSPS) is 17.0. The van der Waals surface area contributed by atoms with E-state index in [1.54, 1.807) is 6.07 Å². The lowest BCUT2D eigenvalue weighted by Crippen LogP contribution is -2.23. The summed E-state index contributed by atoms with van der Waals surface area (Å²) in [5, 5.41) is 2.82. The molecule has 0 spiro atoms. The molecule has 2 aromatic carbocycles. The molecule has 1 amide bonds. The minimum Gasteiger partial charge on any atom is -0.455 e. The van der Waals surface area contributed by atoms with Crippen LogP contribution < -0.4 is 10.1 Å². The number of para-hydroxylation sites is 3. The molecule has 0 radical (unpaired) electrons. The number of hydrogen-bond acceptors (Lipinski definition) is 4. The van der Waals surface area contributed by atoms with Crippen LogP contribution in [0.1, 0.15) is 6.42 Å². The Kier molecular flexibility index (Phi) is 5.24. The van der Waals surface area contributed by atoms with Gasteiger partial charge >= 0.3 is 0 Å². The zero-order valence-electron chi connectivity index (χ0n) is 12.7. The first kappa shape index (κ1) is 15.5. The first-order valence-corrected chi connectivity index (χ1v) is 7.62. The Bertz CT molecular complexity index is 638. The van der Waals surface area contributed by atoms with Crippen LogP contribution in [0.2, 0.25) is 0 Å². The molecule has 2 aromatic rings. The third-order valence-electron chi connectivity index (χ3n) is 3.47. The largest absolute Gasteiger partial charge is 0.455 e. The summed E-state index contributed by atoms with van der Waals surface area (Å²) in [5.41, 5.74) is 0.618. The van der Waals surface area contributed by atoms with E-state index in [4.69, 9.17) is 14.2 Å². The number of carbonyl (C=O) groups is 1. The number of amides is 1. The topological polar surface area (TPSA) is 56.8 Å². The van der Waals surface area contributed by atoms with Crippen LogP contribution in [0, 0.1) is 0 Å². The standard InChI is InChI=1S/C18H19NO4/c20-18(13-22-15-10-11-21-12-15)19-16-8-4-5-9-17(16)23-14-6-2-1-3-7-14/h1-9,15H,10-13H2,(H,19,20). The maximum absolute atomic E-state index is 12.0. The van der Waals surface area contributed by atoms with Gasteiger partial charge in [-0.3, -0.25) is 4.79 Å². The lowest BCUT2D eigenvalue weighted by molar-refractivity contribution is -0.122.